The van der Waals surface area contributed by atoms with Crippen LogP contribution in [0.5, 0.6) is 5.75 Å². The molecule has 2 aliphatic rings. The van der Waals surface area contributed by atoms with E-state index in [9.17, 15) is 4.79 Å². The van der Waals surface area contributed by atoms with Crippen LogP contribution in [0.4, 0.5) is 5.69 Å². The molecule has 5 nitrogen and oxygen atoms in total. The number of amides is 1. The summed E-state index contributed by atoms with van der Waals surface area (Å²) in [5.74, 6) is 0.570. The van der Waals surface area contributed by atoms with E-state index in [0.29, 0.717) is 12.2 Å². The second-order valence-electron chi connectivity index (χ2n) is 9.01. The summed E-state index contributed by atoms with van der Waals surface area (Å²) in [5.41, 5.74) is 6.83. The third-order valence-corrected chi connectivity index (χ3v) is 6.82. The number of carbonyl (C=O) groups excluding carboxylic acids is 1. The topological polar surface area (TPSA) is 45.1 Å². The summed E-state index contributed by atoms with van der Waals surface area (Å²) in [5, 5.41) is 0. The van der Waals surface area contributed by atoms with Gasteiger partial charge >= 0.3 is 0 Å². The van der Waals surface area contributed by atoms with E-state index >= 15 is 0 Å². The van der Waals surface area contributed by atoms with Crippen LogP contribution in [0, 0.1) is 6.92 Å². The van der Waals surface area contributed by atoms with Gasteiger partial charge in [0.25, 0.3) is 5.91 Å². The fourth-order valence-corrected chi connectivity index (χ4v) is 4.86. The second-order valence-corrected chi connectivity index (χ2v) is 9.01. The van der Waals surface area contributed by atoms with Crippen LogP contribution < -0.4 is 9.64 Å². The first kappa shape index (κ1) is 22.4. The normalized spacial score (nSPS) is 15.6. The monoisotopic (exact) mass is 453 g/mol. The van der Waals surface area contributed by atoms with Gasteiger partial charge in [-0.15, -0.1) is 0 Å². The highest BCUT2D eigenvalue weighted by molar-refractivity contribution is 6.13. The summed E-state index contributed by atoms with van der Waals surface area (Å²) in [4.78, 5) is 20.6. The van der Waals surface area contributed by atoms with Gasteiger partial charge in [-0.2, -0.15) is 0 Å². The maximum absolute atomic E-state index is 11.7. The molecular weight excluding hydrogens is 422 g/mol. The third kappa shape index (κ3) is 4.90. The second kappa shape index (κ2) is 10.2. The molecule has 0 aromatic heterocycles. The van der Waals surface area contributed by atoms with Crippen molar-refractivity contribution in [1.82, 2.24) is 4.90 Å². The predicted octanol–water partition coefficient (Wildman–Crippen LogP) is 5.22. The number of hydrogen-bond acceptors (Lipinski definition) is 4. The predicted molar refractivity (Wildman–Crippen MR) is 138 cm³/mol. The average molecular weight is 454 g/mol. The number of ether oxygens (including phenoxy) is 1. The number of aliphatic imine (C=N–C) groups is 1. The van der Waals surface area contributed by atoms with Crippen LogP contribution in [-0.4, -0.2) is 56.4 Å². The van der Waals surface area contributed by atoms with Gasteiger partial charge in [0.1, 0.15) is 5.75 Å². The highest BCUT2D eigenvalue weighted by Crippen LogP contribution is 2.31. The number of piperazine rings is 1. The van der Waals surface area contributed by atoms with E-state index in [1.54, 1.807) is 12.3 Å². The van der Waals surface area contributed by atoms with Gasteiger partial charge in [-0.25, -0.2) is 4.99 Å². The number of anilines is 1. The number of hydrogen-bond donors (Lipinski definition) is 0. The van der Waals surface area contributed by atoms with Crippen LogP contribution >= 0.6 is 0 Å². The lowest BCUT2D eigenvalue weighted by Crippen LogP contribution is -2.46. The van der Waals surface area contributed by atoms with Crippen LogP contribution in [0.15, 0.2) is 71.7 Å². The van der Waals surface area contributed by atoms with E-state index < -0.39 is 0 Å². The molecule has 174 valence electrons. The average Bonchev–Trinajstić information content (AvgIpc) is 3.25. The first-order valence-corrected chi connectivity index (χ1v) is 12.2. The minimum absolute atomic E-state index is 0.179. The Morgan fingerprint density at radius 2 is 1.71 bits per heavy atom. The Bertz CT molecular complexity index is 1180. The molecule has 0 bridgehead atoms. The van der Waals surface area contributed by atoms with Crippen molar-refractivity contribution in [3.63, 3.8) is 0 Å². The van der Waals surface area contributed by atoms with Gasteiger partial charge < -0.3 is 9.64 Å². The molecular formula is C29H31N3O2. The largest absolute Gasteiger partial charge is 0.494 e. The number of benzene rings is 3. The Morgan fingerprint density at radius 3 is 2.53 bits per heavy atom. The molecule has 0 spiro atoms. The van der Waals surface area contributed by atoms with E-state index in [4.69, 9.17) is 4.74 Å². The first-order valence-electron chi connectivity index (χ1n) is 12.2. The van der Waals surface area contributed by atoms with Gasteiger partial charge in [-0.3, -0.25) is 9.69 Å². The number of carbonyl (C=O) groups is 1. The van der Waals surface area contributed by atoms with Gasteiger partial charge in [0.15, 0.2) is 0 Å². The SMILES string of the molecule is Cc1c(-c2ccccc2)cccc1N1CCN(CCCCOc2ccc3c(c2)C(=O)N=C3)CC1. The van der Waals surface area contributed by atoms with E-state index in [1.165, 1.54) is 22.4 Å². The molecule has 1 saturated heterocycles. The molecule has 0 aliphatic carbocycles. The Labute approximate surface area is 201 Å². The van der Waals surface area contributed by atoms with Crippen molar-refractivity contribution < 1.29 is 9.53 Å². The van der Waals surface area contributed by atoms with Crippen molar-refractivity contribution in [3.8, 4) is 16.9 Å². The van der Waals surface area contributed by atoms with E-state index in [2.05, 4.69) is 70.2 Å². The smallest absolute Gasteiger partial charge is 0.277 e. The summed E-state index contributed by atoms with van der Waals surface area (Å²) in [6.45, 7) is 8.29. The Kier molecular flexibility index (Phi) is 6.72. The van der Waals surface area contributed by atoms with Gasteiger partial charge in [0.2, 0.25) is 0 Å². The molecule has 5 rings (SSSR count). The number of rotatable bonds is 8. The molecule has 34 heavy (non-hydrogen) atoms. The summed E-state index contributed by atoms with van der Waals surface area (Å²) in [6, 6.07) is 22.9. The molecule has 0 saturated carbocycles. The summed E-state index contributed by atoms with van der Waals surface area (Å²) >= 11 is 0. The minimum atomic E-state index is -0.179. The zero-order valence-corrected chi connectivity index (χ0v) is 19.7. The number of fused-ring (bicyclic) bond motifs is 1. The standard InChI is InChI=1S/C29H31N3O2/c1-22-26(23-8-3-2-4-9-23)10-7-11-28(22)32-17-15-31(16-18-32)14-5-6-19-34-25-13-12-24-21-30-29(33)27(24)20-25/h2-4,7-13,20-21H,5-6,14-19H2,1H3. The summed E-state index contributed by atoms with van der Waals surface area (Å²) < 4.78 is 5.87. The molecule has 2 aliphatic heterocycles. The van der Waals surface area contributed by atoms with Gasteiger partial charge in [-0.05, 0) is 67.3 Å². The molecule has 0 unspecified atom stereocenters. The van der Waals surface area contributed by atoms with Crippen LogP contribution in [0.1, 0.15) is 34.3 Å². The number of nitrogens with zero attached hydrogens (tertiary/aromatic N) is 3. The summed E-state index contributed by atoms with van der Waals surface area (Å²) in [6.07, 6.45) is 3.72. The maximum atomic E-state index is 11.7. The van der Waals surface area contributed by atoms with Crippen LogP contribution in [0.25, 0.3) is 11.1 Å². The molecule has 3 aromatic carbocycles. The highest BCUT2D eigenvalue weighted by Gasteiger charge is 2.19. The van der Waals surface area contributed by atoms with Crippen molar-refractivity contribution in [2.75, 3.05) is 44.2 Å². The van der Waals surface area contributed by atoms with E-state index in [-0.39, 0.29) is 5.91 Å². The van der Waals surface area contributed by atoms with Crippen LogP contribution in [0.2, 0.25) is 0 Å². The molecule has 1 fully saturated rings. The van der Waals surface area contributed by atoms with Gasteiger partial charge in [0, 0.05) is 43.6 Å². The van der Waals surface area contributed by atoms with Gasteiger partial charge in [-0.1, -0.05) is 42.5 Å². The van der Waals surface area contributed by atoms with E-state index in [1.807, 2.05) is 12.1 Å². The molecule has 0 N–H and O–H groups in total. The van der Waals surface area contributed by atoms with Crippen molar-refractivity contribution in [2.24, 2.45) is 4.99 Å². The highest BCUT2D eigenvalue weighted by atomic mass is 16.5. The first-order chi connectivity index (χ1) is 16.7. The van der Waals surface area contributed by atoms with Gasteiger partial charge in [0.05, 0.1) is 12.2 Å². The lowest BCUT2D eigenvalue weighted by Gasteiger charge is -2.37. The fraction of sp³-hybridized carbons (Fsp3) is 0.310. The molecule has 1 amide bonds. The van der Waals surface area contributed by atoms with Crippen LogP contribution in [0.3, 0.4) is 0 Å². The maximum Gasteiger partial charge on any atom is 0.277 e. The Morgan fingerprint density at radius 1 is 0.882 bits per heavy atom. The third-order valence-electron chi connectivity index (χ3n) is 6.82. The molecule has 3 aromatic rings. The van der Waals surface area contributed by atoms with Crippen molar-refractivity contribution in [1.29, 1.82) is 0 Å². The Balaban J connectivity index is 1.06. The van der Waals surface area contributed by atoms with Crippen molar-refractivity contribution >= 4 is 17.8 Å². The molecule has 5 heteroatoms. The lowest BCUT2D eigenvalue weighted by atomic mass is 9.98. The van der Waals surface area contributed by atoms with Crippen molar-refractivity contribution in [3.05, 3.63) is 83.4 Å². The lowest BCUT2D eigenvalue weighted by molar-refractivity contribution is 0.101. The minimum Gasteiger partial charge on any atom is -0.494 e. The molecule has 0 radical (unpaired) electrons. The summed E-state index contributed by atoms with van der Waals surface area (Å²) in [7, 11) is 0. The zero-order chi connectivity index (χ0) is 23.3. The van der Waals surface area contributed by atoms with Crippen molar-refractivity contribution in [2.45, 2.75) is 19.8 Å². The fourth-order valence-electron chi connectivity index (χ4n) is 4.86. The molecule has 0 atom stereocenters. The Hall–Kier alpha value is -3.44. The zero-order valence-electron chi connectivity index (χ0n) is 19.7. The quantitative estimate of drug-likeness (QED) is 0.439. The molecule has 2 heterocycles. The van der Waals surface area contributed by atoms with E-state index in [0.717, 1.165) is 56.9 Å². The number of unbranched alkanes of at least 4 members (excludes halogenated alkanes) is 1. The van der Waals surface area contributed by atoms with Crippen LogP contribution in [-0.2, 0) is 0 Å².